The van der Waals surface area contributed by atoms with Gasteiger partial charge in [-0.25, -0.2) is 4.98 Å². The number of hydrogen-bond donors (Lipinski definition) is 1. The van der Waals surface area contributed by atoms with Gasteiger partial charge in [0.15, 0.2) is 0 Å². The summed E-state index contributed by atoms with van der Waals surface area (Å²) in [5, 5.41) is 7.73. The second-order valence-corrected chi connectivity index (χ2v) is 5.18. The van der Waals surface area contributed by atoms with Crippen LogP contribution in [0, 0.1) is 0 Å². The lowest BCUT2D eigenvalue weighted by molar-refractivity contribution is 0.675. The van der Waals surface area contributed by atoms with Crippen molar-refractivity contribution in [2.75, 3.05) is 5.32 Å². The molecule has 0 amide bonds. The van der Waals surface area contributed by atoms with E-state index in [-0.39, 0.29) is 6.04 Å². The zero-order valence-electron chi connectivity index (χ0n) is 12.3. The van der Waals surface area contributed by atoms with Gasteiger partial charge in [0.25, 0.3) is 0 Å². The maximum atomic E-state index is 4.21. The summed E-state index contributed by atoms with van der Waals surface area (Å²) in [6.07, 6.45) is 7.42. The maximum absolute atomic E-state index is 4.21. The van der Waals surface area contributed by atoms with Crippen molar-refractivity contribution in [1.29, 1.82) is 0 Å². The highest BCUT2D eigenvalue weighted by molar-refractivity contribution is 5.47. The molecule has 2 heterocycles. The first-order valence-corrected chi connectivity index (χ1v) is 7.01. The van der Waals surface area contributed by atoms with E-state index >= 15 is 0 Å². The van der Waals surface area contributed by atoms with Crippen molar-refractivity contribution in [2.45, 2.75) is 19.5 Å². The highest BCUT2D eigenvalue weighted by atomic mass is 15.3. The molecule has 108 valence electrons. The highest BCUT2D eigenvalue weighted by Crippen LogP contribution is 2.19. The van der Waals surface area contributed by atoms with Gasteiger partial charge in [0.05, 0.1) is 18.1 Å². The van der Waals surface area contributed by atoms with Crippen LogP contribution in [0.25, 0.3) is 0 Å². The Balaban J connectivity index is 1.72. The molecule has 1 N–H and O–H groups in total. The summed E-state index contributed by atoms with van der Waals surface area (Å²) in [6, 6.07) is 10.7. The van der Waals surface area contributed by atoms with E-state index in [0.717, 1.165) is 17.9 Å². The molecular weight excluding hydrogens is 262 g/mol. The second kappa shape index (κ2) is 5.83. The molecule has 0 fully saturated rings. The van der Waals surface area contributed by atoms with Crippen LogP contribution in [0.1, 0.15) is 24.2 Å². The molecule has 0 aliphatic rings. The molecule has 2 aromatic heterocycles. The minimum absolute atomic E-state index is 0.209. The Hall–Kier alpha value is -2.56. The quantitative estimate of drug-likeness (QED) is 0.782. The summed E-state index contributed by atoms with van der Waals surface area (Å²) >= 11 is 0. The Kier molecular flexibility index (Phi) is 3.73. The minimum Gasteiger partial charge on any atom is -0.377 e. The van der Waals surface area contributed by atoms with E-state index in [0.29, 0.717) is 0 Å². The molecule has 0 saturated heterocycles. The van der Waals surface area contributed by atoms with Crippen molar-refractivity contribution in [3.05, 3.63) is 66.5 Å². The molecule has 3 rings (SSSR count). The van der Waals surface area contributed by atoms with Gasteiger partial charge < -0.3 is 9.88 Å². The third-order valence-corrected chi connectivity index (χ3v) is 3.54. The summed E-state index contributed by atoms with van der Waals surface area (Å²) in [6.45, 7) is 2.97. The first-order valence-electron chi connectivity index (χ1n) is 7.01. The van der Waals surface area contributed by atoms with Gasteiger partial charge in [0, 0.05) is 37.9 Å². The first-order chi connectivity index (χ1) is 10.2. The molecule has 0 spiro atoms. The Morgan fingerprint density at radius 1 is 1.24 bits per heavy atom. The summed E-state index contributed by atoms with van der Waals surface area (Å²) in [5.41, 5.74) is 3.52. The predicted octanol–water partition coefficient (Wildman–Crippen LogP) is 2.84. The molecule has 5 nitrogen and oxygen atoms in total. The van der Waals surface area contributed by atoms with Crippen molar-refractivity contribution >= 4 is 5.69 Å². The lowest BCUT2D eigenvalue weighted by atomic mass is 10.1. The normalized spacial score (nSPS) is 12.3. The van der Waals surface area contributed by atoms with Crippen molar-refractivity contribution in [3.8, 4) is 0 Å². The van der Waals surface area contributed by atoms with Crippen molar-refractivity contribution < 1.29 is 0 Å². The van der Waals surface area contributed by atoms with Gasteiger partial charge in [-0.1, -0.05) is 12.1 Å². The van der Waals surface area contributed by atoms with Crippen LogP contribution in [0.2, 0.25) is 0 Å². The van der Waals surface area contributed by atoms with E-state index in [1.165, 1.54) is 5.56 Å². The number of aromatic nitrogens is 4. The lowest BCUT2D eigenvalue weighted by Gasteiger charge is -2.16. The van der Waals surface area contributed by atoms with E-state index in [9.17, 15) is 0 Å². The van der Waals surface area contributed by atoms with Crippen LogP contribution in [0.3, 0.4) is 0 Å². The smallest absolute Gasteiger partial charge is 0.0949 e. The van der Waals surface area contributed by atoms with Crippen LogP contribution in [-0.2, 0) is 13.6 Å². The Bertz CT molecular complexity index is 699. The summed E-state index contributed by atoms with van der Waals surface area (Å²) in [5.74, 6) is 0. The number of rotatable bonds is 5. The fraction of sp³-hybridized carbons (Fsp3) is 0.250. The summed E-state index contributed by atoms with van der Waals surface area (Å²) in [4.78, 5) is 4.07. The number of aryl methyl sites for hydroxylation is 1. The first kappa shape index (κ1) is 13.4. The molecule has 0 saturated carbocycles. The van der Waals surface area contributed by atoms with E-state index in [4.69, 9.17) is 0 Å². The molecule has 0 bridgehead atoms. The van der Waals surface area contributed by atoms with Crippen LogP contribution < -0.4 is 5.32 Å². The van der Waals surface area contributed by atoms with Gasteiger partial charge in [0.2, 0.25) is 0 Å². The molecule has 1 atom stereocenters. The van der Waals surface area contributed by atoms with Gasteiger partial charge in [-0.05, 0) is 30.7 Å². The minimum atomic E-state index is 0.209. The van der Waals surface area contributed by atoms with Gasteiger partial charge in [-0.2, -0.15) is 5.10 Å². The number of benzene rings is 1. The fourth-order valence-electron chi connectivity index (χ4n) is 2.48. The van der Waals surface area contributed by atoms with Crippen molar-refractivity contribution in [2.24, 2.45) is 7.05 Å². The number of nitrogens with zero attached hydrogens (tertiary/aromatic N) is 4. The predicted molar refractivity (Wildman–Crippen MR) is 83.0 cm³/mol. The Morgan fingerprint density at radius 3 is 2.86 bits per heavy atom. The molecule has 21 heavy (non-hydrogen) atoms. The van der Waals surface area contributed by atoms with E-state index in [1.54, 1.807) is 6.20 Å². The number of nitrogens with one attached hydrogen (secondary N) is 1. The SMILES string of the molecule is CC(Nc1cccc(Cn2ccnc2)c1)c1ccnn1C. The number of anilines is 1. The lowest BCUT2D eigenvalue weighted by Crippen LogP contribution is -2.11. The summed E-state index contributed by atoms with van der Waals surface area (Å²) < 4.78 is 3.96. The van der Waals surface area contributed by atoms with Crippen LogP contribution in [-0.4, -0.2) is 19.3 Å². The van der Waals surface area contributed by atoms with Crippen LogP contribution in [0.15, 0.2) is 55.2 Å². The topological polar surface area (TPSA) is 47.7 Å². The van der Waals surface area contributed by atoms with E-state index in [1.807, 2.05) is 36.5 Å². The zero-order valence-corrected chi connectivity index (χ0v) is 12.3. The molecule has 0 aliphatic heterocycles. The van der Waals surface area contributed by atoms with E-state index < -0.39 is 0 Å². The molecule has 3 aromatic rings. The van der Waals surface area contributed by atoms with Crippen molar-refractivity contribution in [1.82, 2.24) is 19.3 Å². The zero-order chi connectivity index (χ0) is 14.7. The number of hydrogen-bond acceptors (Lipinski definition) is 3. The van der Waals surface area contributed by atoms with E-state index in [2.05, 4.69) is 51.2 Å². The van der Waals surface area contributed by atoms with Gasteiger partial charge in [-0.15, -0.1) is 0 Å². The average Bonchev–Trinajstić information content (AvgIpc) is 3.10. The molecule has 1 unspecified atom stereocenters. The fourth-order valence-corrected chi connectivity index (χ4v) is 2.48. The van der Waals surface area contributed by atoms with Gasteiger partial charge in [0.1, 0.15) is 0 Å². The maximum Gasteiger partial charge on any atom is 0.0949 e. The van der Waals surface area contributed by atoms with Crippen LogP contribution >= 0.6 is 0 Å². The molecular formula is C16H19N5. The second-order valence-electron chi connectivity index (χ2n) is 5.18. The largest absolute Gasteiger partial charge is 0.377 e. The number of imidazole rings is 1. The third-order valence-electron chi connectivity index (χ3n) is 3.54. The standard InChI is InChI=1S/C16H19N5/c1-13(16-6-7-18-20(16)2)19-15-5-3-4-14(10-15)11-21-9-8-17-12-21/h3-10,12-13,19H,11H2,1-2H3. The van der Waals surface area contributed by atoms with Gasteiger partial charge in [-0.3, -0.25) is 4.68 Å². The Labute approximate surface area is 124 Å². The molecule has 0 radical (unpaired) electrons. The monoisotopic (exact) mass is 281 g/mol. The van der Waals surface area contributed by atoms with Gasteiger partial charge >= 0.3 is 0 Å². The van der Waals surface area contributed by atoms with Crippen molar-refractivity contribution in [3.63, 3.8) is 0 Å². The van der Waals surface area contributed by atoms with Crippen LogP contribution in [0.5, 0.6) is 0 Å². The molecule has 0 aliphatic carbocycles. The average molecular weight is 281 g/mol. The molecule has 1 aromatic carbocycles. The van der Waals surface area contributed by atoms with Crippen LogP contribution in [0.4, 0.5) is 5.69 Å². The summed E-state index contributed by atoms with van der Waals surface area (Å²) in [7, 11) is 1.96. The Morgan fingerprint density at radius 2 is 2.14 bits per heavy atom. The third kappa shape index (κ3) is 3.13. The highest BCUT2D eigenvalue weighted by Gasteiger charge is 2.09. The molecule has 5 heteroatoms.